The third-order valence-corrected chi connectivity index (χ3v) is 5.37. The molecule has 0 unspecified atom stereocenters. The Bertz CT molecular complexity index is 454. The van der Waals surface area contributed by atoms with Crippen LogP contribution in [0.25, 0.3) is 0 Å². The first kappa shape index (κ1) is 16.7. The van der Waals surface area contributed by atoms with E-state index in [1.54, 1.807) is 11.3 Å². The first-order valence-electron chi connectivity index (χ1n) is 7.41. The summed E-state index contributed by atoms with van der Waals surface area (Å²) in [5.41, 5.74) is 0.0493. The molecule has 1 heterocycles. The van der Waals surface area contributed by atoms with E-state index in [1.807, 2.05) is 6.20 Å². The zero-order chi connectivity index (χ0) is 15.7. The van der Waals surface area contributed by atoms with Crippen molar-refractivity contribution in [3.05, 3.63) is 16.1 Å². The molecule has 120 valence electrons. The Hall–Kier alpha value is -0.620. The lowest BCUT2D eigenvalue weighted by Gasteiger charge is -2.30. The molecule has 1 aliphatic carbocycles. The maximum absolute atomic E-state index is 12.6. The van der Waals surface area contributed by atoms with Gasteiger partial charge in [-0.3, -0.25) is 0 Å². The number of nitrogens with zero attached hydrogens (tertiary/aromatic N) is 1. The lowest BCUT2D eigenvalue weighted by atomic mass is 9.85. The third-order valence-electron chi connectivity index (χ3n) is 3.95. The second kappa shape index (κ2) is 6.24. The van der Waals surface area contributed by atoms with E-state index in [0.717, 1.165) is 9.88 Å². The zero-order valence-electron chi connectivity index (χ0n) is 12.8. The summed E-state index contributed by atoms with van der Waals surface area (Å²) in [5.74, 6) is -1.11. The molecular formula is C15H23F3N2S. The van der Waals surface area contributed by atoms with Gasteiger partial charge in [0.15, 0.2) is 0 Å². The van der Waals surface area contributed by atoms with E-state index in [0.29, 0.717) is 19.4 Å². The zero-order valence-corrected chi connectivity index (χ0v) is 13.6. The van der Waals surface area contributed by atoms with Crippen LogP contribution in [-0.2, 0) is 12.0 Å². The van der Waals surface area contributed by atoms with Crippen molar-refractivity contribution < 1.29 is 13.2 Å². The molecule has 1 saturated carbocycles. The summed E-state index contributed by atoms with van der Waals surface area (Å²) in [6.45, 7) is 7.08. The SMILES string of the molecule is CC(C)(C)c1ncc(CNC2CCC(C(F)(F)F)CC2)s1. The van der Waals surface area contributed by atoms with Crippen LogP contribution in [0.15, 0.2) is 6.20 Å². The monoisotopic (exact) mass is 320 g/mol. The minimum atomic E-state index is -4.02. The fourth-order valence-electron chi connectivity index (χ4n) is 2.61. The van der Waals surface area contributed by atoms with E-state index in [9.17, 15) is 13.2 Å². The van der Waals surface area contributed by atoms with Gasteiger partial charge in [0.1, 0.15) is 0 Å². The third kappa shape index (κ3) is 4.68. The van der Waals surface area contributed by atoms with Gasteiger partial charge in [-0.05, 0) is 25.7 Å². The summed E-state index contributed by atoms with van der Waals surface area (Å²) in [7, 11) is 0. The van der Waals surface area contributed by atoms with Gasteiger partial charge < -0.3 is 5.32 Å². The second-order valence-corrected chi connectivity index (χ2v) is 7.97. The lowest BCUT2D eigenvalue weighted by Crippen LogP contribution is -2.36. The summed E-state index contributed by atoms with van der Waals surface area (Å²) in [5, 5.41) is 4.48. The topological polar surface area (TPSA) is 24.9 Å². The van der Waals surface area contributed by atoms with Crippen molar-refractivity contribution >= 4 is 11.3 Å². The van der Waals surface area contributed by atoms with Gasteiger partial charge >= 0.3 is 6.18 Å². The van der Waals surface area contributed by atoms with Gasteiger partial charge in [-0.15, -0.1) is 11.3 Å². The molecule has 1 aromatic heterocycles. The van der Waals surface area contributed by atoms with Gasteiger partial charge in [0, 0.05) is 29.1 Å². The average molecular weight is 320 g/mol. The highest BCUT2D eigenvalue weighted by Crippen LogP contribution is 2.37. The number of thiazole rings is 1. The van der Waals surface area contributed by atoms with E-state index in [2.05, 4.69) is 31.1 Å². The Morgan fingerprint density at radius 1 is 1.19 bits per heavy atom. The number of nitrogens with one attached hydrogen (secondary N) is 1. The van der Waals surface area contributed by atoms with Crippen LogP contribution >= 0.6 is 11.3 Å². The molecule has 0 bridgehead atoms. The van der Waals surface area contributed by atoms with Crippen molar-refractivity contribution in [2.24, 2.45) is 5.92 Å². The van der Waals surface area contributed by atoms with E-state index in [-0.39, 0.29) is 24.3 Å². The van der Waals surface area contributed by atoms with Crippen LogP contribution in [-0.4, -0.2) is 17.2 Å². The van der Waals surface area contributed by atoms with Crippen LogP contribution in [0, 0.1) is 5.92 Å². The number of hydrogen-bond donors (Lipinski definition) is 1. The van der Waals surface area contributed by atoms with Crippen LogP contribution in [0.4, 0.5) is 13.2 Å². The minimum Gasteiger partial charge on any atom is -0.309 e. The number of rotatable bonds is 3. The van der Waals surface area contributed by atoms with E-state index < -0.39 is 12.1 Å². The Labute approximate surface area is 128 Å². The molecule has 21 heavy (non-hydrogen) atoms. The van der Waals surface area contributed by atoms with Crippen LogP contribution in [0.2, 0.25) is 0 Å². The Morgan fingerprint density at radius 2 is 1.81 bits per heavy atom. The quantitative estimate of drug-likeness (QED) is 0.877. The van der Waals surface area contributed by atoms with E-state index >= 15 is 0 Å². The Morgan fingerprint density at radius 3 is 2.29 bits per heavy atom. The lowest BCUT2D eigenvalue weighted by molar-refractivity contribution is -0.182. The molecule has 0 aliphatic heterocycles. The normalized spacial score (nSPS) is 24.3. The van der Waals surface area contributed by atoms with E-state index in [1.165, 1.54) is 0 Å². The van der Waals surface area contributed by atoms with Crippen LogP contribution in [0.5, 0.6) is 0 Å². The predicted octanol–water partition coefficient (Wildman–Crippen LogP) is 4.65. The van der Waals surface area contributed by atoms with Crippen LogP contribution in [0.1, 0.15) is 56.3 Å². The summed E-state index contributed by atoms with van der Waals surface area (Å²) >= 11 is 1.68. The largest absolute Gasteiger partial charge is 0.391 e. The van der Waals surface area contributed by atoms with Gasteiger partial charge in [0.2, 0.25) is 0 Å². The summed E-state index contributed by atoms with van der Waals surface area (Å²) in [6, 6.07) is 0.198. The van der Waals surface area contributed by atoms with Crippen molar-refractivity contribution in [1.82, 2.24) is 10.3 Å². The molecule has 0 atom stereocenters. The Kier molecular flexibility index (Phi) is 4.98. The van der Waals surface area contributed by atoms with Gasteiger partial charge in [-0.25, -0.2) is 4.98 Å². The smallest absolute Gasteiger partial charge is 0.309 e. The highest BCUT2D eigenvalue weighted by atomic mass is 32.1. The van der Waals surface area contributed by atoms with Crippen molar-refractivity contribution in [3.8, 4) is 0 Å². The minimum absolute atomic E-state index is 0.0493. The van der Waals surface area contributed by atoms with Gasteiger partial charge in [-0.1, -0.05) is 20.8 Å². The highest BCUT2D eigenvalue weighted by Gasteiger charge is 2.41. The molecule has 0 aromatic carbocycles. The Balaban J connectivity index is 1.79. The van der Waals surface area contributed by atoms with Crippen molar-refractivity contribution in [1.29, 1.82) is 0 Å². The number of alkyl halides is 3. The van der Waals surface area contributed by atoms with E-state index in [4.69, 9.17) is 0 Å². The number of aromatic nitrogens is 1. The fourth-order valence-corrected chi connectivity index (χ4v) is 3.53. The summed E-state index contributed by atoms with van der Waals surface area (Å²) < 4.78 is 37.8. The molecule has 0 spiro atoms. The predicted molar refractivity (Wildman–Crippen MR) is 79.5 cm³/mol. The molecule has 2 nitrogen and oxygen atoms in total. The van der Waals surface area contributed by atoms with Gasteiger partial charge in [0.25, 0.3) is 0 Å². The summed E-state index contributed by atoms with van der Waals surface area (Å²) in [6.07, 6.45) is -0.442. The number of hydrogen-bond acceptors (Lipinski definition) is 3. The van der Waals surface area contributed by atoms with Crippen LogP contribution in [0.3, 0.4) is 0 Å². The van der Waals surface area contributed by atoms with Gasteiger partial charge in [-0.2, -0.15) is 13.2 Å². The van der Waals surface area contributed by atoms with Crippen molar-refractivity contribution in [3.63, 3.8) is 0 Å². The molecule has 0 amide bonds. The molecule has 1 aromatic rings. The first-order chi connectivity index (χ1) is 9.66. The maximum Gasteiger partial charge on any atom is 0.391 e. The first-order valence-corrected chi connectivity index (χ1v) is 8.23. The molecule has 1 aliphatic rings. The molecule has 2 rings (SSSR count). The molecule has 6 heteroatoms. The van der Waals surface area contributed by atoms with Crippen molar-refractivity contribution in [2.45, 2.75) is 70.6 Å². The highest BCUT2D eigenvalue weighted by molar-refractivity contribution is 7.11. The molecule has 0 radical (unpaired) electrons. The van der Waals surface area contributed by atoms with Crippen LogP contribution < -0.4 is 5.32 Å². The standard InChI is InChI=1S/C15H23F3N2S/c1-14(2,3)13-20-9-12(21-13)8-19-11-6-4-10(5-7-11)15(16,17)18/h9-11,19H,4-8H2,1-3H3. The maximum atomic E-state index is 12.6. The fraction of sp³-hybridized carbons (Fsp3) is 0.800. The molecule has 1 fully saturated rings. The molecule has 0 saturated heterocycles. The van der Waals surface area contributed by atoms with Crippen molar-refractivity contribution in [2.75, 3.05) is 0 Å². The van der Waals surface area contributed by atoms with Gasteiger partial charge in [0.05, 0.1) is 10.9 Å². The second-order valence-electron chi connectivity index (χ2n) is 6.85. The number of halogens is 3. The summed E-state index contributed by atoms with van der Waals surface area (Å²) in [4.78, 5) is 5.58. The molecule has 1 N–H and O–H groups in total. The average Bonchev–Trinajstić information content (AvgIpc) is 2.84. The molecular weight excluding hydrogens is 297 g/mol.